The maximum atomic E-state index is 13.4. The molecule has 2 bridgehead atoms. The zero-order valence-electron chi connectivity index (χ0n) is 6.96. The molecule has 3 aliphatic rings. The molecule has 15 heavy (non-hydrogen) atoms. The van der Waals surface area contributed by atoms with Gasteiger partial charge in [0.1, 0.15) is 5.69 Å². The largest absolute Gasteiger partial charge is 0.538 e. The monoisotopic (exact) mass is 252 g/mol. The number of halogens is 2. The Labute approximate surface area is 88.1 Å². The van der Waals surface area contributed by atoms with Crippen molar-refractivity contribution in [2.45, 2.75) is 0 Å². The lowest BCUT2D eigenvalue weighted by atomic mass is 10.3. The van der Waals surface area contributed by atoms with Crippen LogP contribution >= 0.6 is 19.4 Å². The van der Waals surface area contributed by atoms with Gasteiger partial charge in [0.2, 0.25) is 0 Å². The second-order valence-corrected chi connectivity index (χ2v) is 4.62. The van der Waals surface area contributed by atoms with Crippen LogP contribution in [0.2, 0.25) is 5.02 Å². The van der Waals surface area contributed by atoms with Crippen LogP contribution in [0.25, 0.3) is 0 Å². The standard InChI is InChI=1S/C6H3ClFN2O4P/c7-4-1-2-6(5(8)3-4)9-10-13-15(11,12-9)14-10/h1-3H. The molecule has 0 saturated carbocycles. The first-order valence-corrected chi connectivity index (χ1v) is 5.66. The number of benzene rings is 1. The van der Waals surface area contributed by atoms with Crippen molar-refractivity contribution in [2.75, 3.05) is 5.17 Å². The lowest BCUT2D eigenvalue weighted by Crippen LogP contribution is -2.34. The van der Waals surface area contributed by atoms with Crippen LogP contribution in [-0.4, -0.2) is 5.34 Å². The van der Waals surface area contributed by atoms with Crippen molar-refractivity contribution >= 4 is 25.1 Å². The summed E-state index contributed by atoms with van der Waals surface area (Å²) in [6, 6.07) is 3.89. The molecule has 1 aromatic carbocycles. The van der Waals surface area contributed by atoms with Gasteiger partial charge in [-0.05, 0) is 18.2 Å². The number of anilines is 1. The van der Waals surface area contributed by atoms with Crippen molar-refractivity contribution in [2.24, 2.45) is 0 Å². The van der Waals surface area contributed by atoms with Gasteiger partial charge in [0.05, 0.1) is 5.34 Å². The van der Waals surface area contributed by atoms with Crippen LogP contribution in [0.4, 0.5) is 10.1 Å². The fourth-order valence-electron chi connectivity index (χ4n) is 1.17. The molecular weight excluding hydrogens is 250 g/mol. The molecule has 80 valence electrons. The van der Waals surface area contributed by atoms with E-state index in [1.807, 2.05) is 0 Å². The van der Waals surface area contributed by atoms with Crippen LogP contribution in [0.5, 0.6) is 0 Å². The number of hydrogen-bond donors (Lipinski definition) is 0. The van der Waals surface area contributed by atoms with Gasteiger partial charge in [0, 0.05) is 5.02 Å². The van der Waals surface area contributed by atoms with Crippen molar-refractivity contribution < 1.29 is 22.8 Å². The summed E-state index contributed by atoms with van der Waals surface area (Å²) in [5.41, 5.74) is -0.00498. The molecule has 0 aromatic heterocycles. The van der Waals surface area contributed by atoms with Gasteiger partial charge >= 0.3 is 7.82 Å². The highest BCUT2D eigenvalue weighted by atomic mass is 35.5. The molecule has 3 fully saturated rings. The predicted molar refractivity (Wildman–Crippen MR) is 46.6 cm³/mol. The smallest absolute Gasteiger partial charge is 0.222 e. The first-order valence-electron chi connectivity index (χ1n) is 3.82. The van der Waals surface area contributed by atoms with Crippen LogP contribution < -0.4 is 5.17 Å². The quantitative estimate of drug-likeness (QED) is 0.716. The molecule has 0 N–H and O–H groups in total. The van der Waals surface area contributed by atoms with Crippen LogP contribution in [0, 0.1) is 5.82 Å². The van der Waals surface area contributed by atoms with Gasteiger partial charge in [0.15, 0.2) is 5.82 Å². The topological polar surface area (TPSA) is 51.2 Å². The minimum atomic E-state index is -3.50. The van der Waals surface area contributed by atoms with Gasteiger partial charge in [-0.2, -0.15) is 0 Å². The second-order valence-electron chi connectivity index (χ2n) is 2.80. The minimum Gasteiger partial charge on any atom is -0.222 e. The van der Waals surface area contributed by atoms with E-state index < -0.39 is 13.6 Å². The van der Waals surface area contributed by atoms with Gasteiger partial charge in [-0.3, -0.25) is 0 Å². The van der Waals surface area contributed by atoms with E-state index in [1.165, 1.54) is 12.1 Å². The summed E-state index contributed by atoms with van der Waals surface area (Å²) in [6.45, 7) is 0. The fraction of sp³-hybridized carbons (Fsp3) is 0. The highest BCUT2D eigenvalue weighted by molar-refractivity contribution is 7.49. The van der Waals surface area contributed by atoms with Crippen LogP contribution in [-0.2, 0) is 18.4 Å². The molecule has 3 heterocycles. The van der Waals surface area contributed by atoms with Gasteiger partial charge in [-0.15, -0.1) is 19.0 Å². The summed E-state index contributed by atoms with van der Waals surface area (Å²) in [5, 5.41) is 1.74. The number of fused-ring (bicyclic) bond motifs is 1. The highest BCUT2D eigenvalue weighted by Gasteiger charge is 2.60. The maximum Gasteiger partial charge on any atom is 0.538 e. The molecule has 9 heteroatoms. The number of nitrogens with zero attached hydrogens (tertiary/aromatic N) is 2. The molecule has 0 atom stereocenters. The summed E-state index contributed by atoms with van der Waals surface area (Å²) < 4.78 is 38.4. The van der Waals surface area contributed by atoms with E-state index in [4.69, 9.17) is 16.2 Å². The first kappa shape index (κ1) is 9.53. The normalized spacial score (nSPS) is 32.9. The lowest BCUT2D eigenvalue weighted by Gasteiger charge is -2.21. The number of rotatable bonds is 1. The van der Waals surface area contributed by atoms with Crippen molar-refractivity contribution in [1.29, 1.82) is 0 Å². The van der Waals surface area contributed by atoms with Crippen molar-refractivity contribution in [3.05, 3.63) is 29.0 Å². The van der Waals surface area contributed by atoms with E-state index in [0.29, 0.717) is 5.34 Å². The van der Waals surface area contributed by atoms with Crippen molar-refractivity contribution in [3.63, 3.8) is 0 Å². The SMILES string of the molecule is O=P12ON(O1)N(c1ccc(Cl)cc1F)O2. The van der Waals surface area contributed by atoms with Gasteiger partial charge in [0.25, 0.3) is 0 Å². The Kier molecular flexibility index (Phi) is 1.85. The third-order valence-corrected chi connectivity index (χ3v) is 3.05. The summed E-state index contributed by atoms with van der Waals surface area (Å²) in [5.74, 6) is -0.643. The molecule has 4 rings (SSSR count). The minimum absolute atomic E-state index is 0.00498. The van der Waals surface area contributed by atoms with Gasteiger partial charge in [-0.25, -0.2) is 8.96 Å². The summed E-state index contributed by atoms with van der Waals surface area (Å²) in [4.78, 5) is 0. The Morgan fingerprint density at radius 3 is 2.60 bits per heavy atom. The summed E-state index contributed by atoms with van der Waals surface area (Å²) in [7, 11) is -3.50. The average molecular weight is 253 g/mol. The molecule has 0 radical (unpaired) electrons. The Hall–Kier alpha value is -0.690. The number of hydrogen-bond acceptors (Lipinski definition) is 6. The van der Waals surface area contributed by atoms with E-state index in [-0.39, 0.29) is 10.7 Å². The van der Waals surface area contributed by atoms with Crippen LogP contribution in [0.3, 0.4) is 0 Å². The van der Waals surface area contributed by atoms with E-state index in [2.05, 4.69) is 9.25 Å². The third-order valence-electron chi connectivity index (χ3n) is 1.78. The average Bonchev–Trinajstić information content (AvgIpc) is 2.57. The summed E-state index contributed by atoms with van der Waals surface area (Å²) >= 11 is 5.57. The van der Waals surface area contributed by atoms with E-state index >= 15 is 0 Å². The molecule has 0 aliphatic carbocycles. The Morgan fingerprint density at radius 2 is 2.07 bits per heavy atom. The van der Waals surface area contributed by atoms with Crippen LogP contribution in [0.15, 0.2) is 18.2 Å². The second kappa shape index (κ2) is 2.91. The van der Waals surface area contributed by atoms with E-state index in [1.54, 1.807) is 0 Å². The van der Waals surface area contributed by atoms with Gasteiger partial charge < -0.3 is 0 Å². The van der Waals surface area contributed by atoms with E-state index in [0.717, 1.165) is 11.2 Å². The Bertz CT molecular complexity index is 476. The number of hydrazine groups is 1. The van der Waals surface area contributed by atoms with Crippen molar-refractivity contribution in [3.8, 4) is 0 Å². The zero-order valence-corrected chi connectivity index (χ0v) is 8.61. The highest BCUT2D eigenvalue weighted by Crippen LogP contribution is 2.67. The third kappa shape index (κ3) is 1.37. The molecule has 3 saturated heterocycles. The Balaban J connectivity index is 1.98. The zero-order chi connectivity index (χ0) is 10.6. The molecule has 0 spiro atoms. The van der Waals surface area contributed by atoms with E-state index in [9.17, 15) is 8.96 Å². The Morgan fingerprint density at radius 1 is 1.33 bits per heavy atom. The first-order chi connectivity index (χ1) is 7.07. The summed E-state index contributed by atoms with van der Waals surface area (Å²) in [6.07, 6.45) is 0. The molecular formula is C6H3ClFN2O4P. The van der Waals surface area contributed by atoms with Crippen molar-refractivity contribution in [1.82, 2.24) is 5.34 Å². The van der Waals surface area contributed by atoms with Crippen LogP contribution in [0.1, 0.15) is 0 Å². The number of phosphoric acid groups is 1. The maximum absolute atomic E-state index is 13.4. The fourth-order valence-corrected chi connectivity index (χ4v) is 2.21. The van der Waals surface area contributed by atoms with Gasteiger partial charge in [-0.1, -0.05) is 11.6 Å². The molecule has 0 unspecified atom stereocenters. The molecule has 6 nitrogen and oxygen atoms in total. The molecule has 1 aromatic rings. The molecule has 3 aliphatic heterocycles. The predicted octanol–water partition coefficient (Wildman–Crippen LogP) is 2.43. The lowest BCUT2D eigenvalue weighted by molar-refractivity contribution is -0.318. The molecule has 0 amide bonds.